The van der Waals surface area contributed by atoms with Gasteiger partial charge < -0.3 is 15.7 Å². The van der Waals surface area contributed by atoms with E-state index in [1.165, 1.54) is 11.9 Å². The van der Waals surface area contributed by atoms with Crippen molar-refractivity contribution in [2.24, 2.45) is 0 Å². The number of rotatable bonds is 3. The smallest absolute Gasteiger partial charge is 0.340 e. The fourth-order valence-corrected chi connectivity index (χ4v) is 2.81. The molecule has 1 heterocycles. The van der Waals surface area contributed by atoms with Crippen LogP contribution in [0.3, 0.4) is 0 Å². The molecule has 0 aliphatic rings. The first-order chi connectivity index (χ1) is 9.82. The van der Waals surface area contributed by atoms with Crippen LogP contribution in [-0.4, -0.2) is 28.4 Å². The minimum Gasteiger partial charge on any atom is -0.478 e. The molecule has 2 rings (SSSR count). The highest BCUT2D eigenvalue weighted by atomic mass is 32.1. The zero-order valence-corrected chi connectivity index (χ0v) is 12.7. The van der Waals surface area contributed by atoms with Crippen LogP contribution in [0.4, 0.5) is 10.7 Å². The van der Waals surface area contributed by atoms with E-state index in [4.69, 9.17) is 5.73 Å². The first kappa shape index (κ1) is 15.0. The van der Waals surface area contributed by atoms with Gasteiger partial charge >= 0.3 is 5.97 Å². The number of benzene rings is 1. The second kappa shape index (κ2) is 5.53. The van der Waals surface area contributed by atoms with Crippen LogP contribution in [0.2, 0.25) is 0 Å². The summed E-state index contributed by atoms with van der Waals surface area (Å²) in [6.07, 6.45) is 0. The number of aryl methyl sites for hydroxylation is 2. The highest BCUT2D eigenvalue weighted by Gasteiger charge is 2.25. The molecular weight excluding hydrogens is 290 g/mol. The van der Waals surface area contributed by atoms with E-state index in [0.29, 0.717) is 21.9 Å². The summed E-state index contributed by atoms with van der Waals surface area (Å²) in [5, 5.41) is 9.54. The molecular formula is C14H15N3O3S. The van der Waals surface area contributed by atoms with Crippen molar-refractivity contribution >= 4 is 34.1 Å². The van der Waals surface area contributed by atoms with Gasteiger partial charge in [0.2, 0.25) is 0 Å². The average molecular weight is 305 g/mol. The maximum atomic E-state index is 12.5. The summed E-state index contributed by atoms with van der Waals surface area (Å²) in [4.78, 5) is 25.1. The van der Waals surface area contributed by atoms with Crippen molar-refractivity contribution in [3.63, 3.8) is 0 Å². The van der Waals surface area contributed by atoms with Gasteiger partial charge in [0.05, 0.1) is 11.3 Å². The molecule has 0 bridgehead atoms. The van der Waals surface area contributed by atoms with Crippen LogP contribution < -0.4 is 10.6 Å². The maximum absolute atomic E-state index is 12.5. The molecule has 0 radical (unpaired) electrons. The number of carboxylic acid groups (broad SMARTS) is 1. The van der Waals surface area contributed by atoms with Gasteiger partial charge in [-0.2, -0.15) is 4.37 Å². The molecule has 110 valence electrons. The van der Waals surface area contributed by atoms with E-state index in [-0.39, 0.29) is 11.5 Å². The summed E-state index contributed by atoms with van der Waals surface area (Å²) in [5.74, 6) is -1.46. The summed E-state index contributed by atoms with van der Waals surface area (Å²) in [6, 6.07) is 5.15. The standard InChI is InChI=1S/C14H15N3O3S/c1-7-4-5-10(15)9(6-7)12(18)17(3)13-11(14(19)20)8(2)16-21-13/h4-6H,15H2,1-3H3,(H,19,20). The van der Waals surface area contributed by atoms with Crippen LogP contribution in [0.5, 0.6) is 0 Å². The van der Waals surface area contributed by atoms with Crippen LogP contribution in [0, 0.1) is 13.8 Å². The Hall–Kier alpha value is -2.41. The van der Waals surface area contributed by atoms with Gasteiger partial charge in [-0.05, 0) is 37.5 Å². The van der Waals surface area contributed by atoms with Gasteiger partial charge in [0.1, 0.15) is 10.6 Å². The predicted molar refractivity (Wildman–Crippen MR) is 82.1 cm³/mol. The van der Waals surface area contributed by atoms with Crippen LogP contribution in [0.15, 0.2) is 18.2 Å². The Morgan fingerprint density at radius 1 is 1.33 bits per heavy atom. The van der Waals surface area contributed by atoms with E-state index >= 15 is 0 Å². The van der Waals surface area contributed by atoms with Crippen molar-refractivity contribution in [3.8, 4) is 0 Å². The lowest BCUT2D eigenvalue weighted by molar-refractivity contribution is 0.0697. The normalized spacial score (nSPS) is 10.4. The lowest BCUT2D eigenvalue weighted by Crippen LogP contribution is -2.27. The number of carboxylic acids is 1. The molecule has 0 spiro atoms. The van der Waals surface area contributed by atoms with Crippen LogP contribution in [0.1, 0.15) is 32.0 Å². The van der Waals surface area contributed by atoms with Gasteiger partial charge in [-0.3, -0.25) is 4.79 Å². The van der Waals surface area contributed by atoms with Crippen LogP contribution in [0.25, 0.3) is 0 Å². The monoisotopic (exact) mass is 305 g/mol. The molecule has 6 nitrogen and oxygen atoms in total. The Bertz CT molecular complexity index is 724. The number of hydrogen-bond acceptors (Lipinski definition) is 5. The lowest BCUT2D eigenvalue weighted by atomic mass is 10.1. The van der Waals surface area contributed by atoms with Gasteiger partial charge in [-0.1, -0.05) is 11.6 Å². The lowest BCUT2D eigenvalue weighted by Gasteiger charge is -2.17. The number of carbonyl (C=O) groups is 2. The van der Waals surface area contributed by atoms with E-state index in [1.807, 2.05) is 13.0 Å². The molecule has 1 amide bonds. The Balaban J connectivity index is 2.45. The molecule has 7 heteroatoms. The fourth-order valence-electron chi connectivity index (χ4n) is 1.96. The Kier molecular flexibility index (Phi) is 3.95. The van der Waals surface area contributed by atoms with Gasteiger partial charge in [-0.15, -0.1) is 0 Å². The quantitative estimate of drug-likeness (QED) is 0.848. The molecule has 0 fully saturated rings. The minimum atomic E-state index is -1.10. The third kappa shape index (κ3) is 2.73. The van der Waals surface area contributed by atoms with Crippen molar-refractivity contribution in [1.82, 2.24) is 4.37 Å². The van der Waals surface area contributed by atoms with E-state index in [0.717, 1.165) is 17.1 Å². The van der Waals surface area contributed by atoms with Gasteiger partial charge in [0.25, 0.3) is 5.91 Å². The molecule has 3 N–H and O–H groups in total. The van der Waals surface area contributed by atoms with Gasteiger partial charge in [0.15, 0.2) is 0 Å². The van der Waals surface area contributed by atoms with Crippen molar-refractivity contribution in [3.05, 3.63) is 40.6 Å². The molecule has 0 aliphatic carbocycles. The SMILES string of the molecule is Cc1ccc(N)c(C(=O)N(C)c2snc(C)c2C(=O)O)c1. The Morgan fingerprint density at radius 3 is 2.62 bits per heavy atom. The van der Waals surface area contributed by atoms with Gasteiger partial charge in [-0.25, -0.2) is 4.79 Å². The van der Waals surface area contributed by atoms with Crippen molar-refractivity contribution in [2.75, 3.05) is 17.7 Å². The van der Waals surface area contributed by atoms with Crippen molar-refractivity contribution in [2.45, 2.75) is 13.8 Å². The Morgan fingerprint density at radius 2 is 2.00 bits per heavy atom. The highest BCUT2D eigenvalue weighted by molar-refractivity contribution is 7.11. The number of nitrogens with zero attached hydrogens (tertiary/aromatic N) is 2. The largest absolute Gasteiger partial charge is 0.478 e. The second-order valence-corrected chi connectivity index (χ2v) is 5.46. The number of aromatic nitrogens is 1. The highest BCUT2D eigenvalue weighted by Crippen LogP contribution is 2.29. The summed E-state index contributed by atoms with van der Waals surface area (Å²) in [6.45, 7) is 3.46. The number of amides is 1. The van der Waals surface area contributed by atoms with Crippen LogP contribution in [-0.2, 0) is 0 Å². The molecule has 0 saturated carbocycles. The Labute approximate surface area is 126 Å². The third-order valence-electron chi connectivity index (χ3n) is 3.11. The third-order valence-corrected chi connectivity index (χ3v) is 4.12. The molecule has 0 atom stereocenters. The molecule has 0 aliphatic heterocycles. The van der Waals surface area contributed by atoms with Crippen molar-refractivity contribution < 1.29 is 14.7 Å². The number of hydrogen-bond donors (Lipinski definition) is 2. The van der Waals surface area contributed by atoms with E-state index < -0.39 is 5.97 Å². The topological polar surface area (TPSA) is 96.5 Å². The van der Waals surface area contributed by atoms with E-state index in [2.05, 4.69) is 4.37 Å². The predicted octanol–water partition coefficient (Wildman–Crippen LogP) is 2.32. The first-order valence-electron chi connectivity index (χ1n) is 6.16. The number of anilines is 2. The molecule has 21 heavy (non-hydrogen) atoms. The van der Waals surface area contributed by atoms with E-state index in [9.17, 15) is 14.7 Å². The summed E-state index contributed by atoms with van der Waals surface area (Å²) in [5.41, 5.74) is 7.87. The molecule has 0 saturated heterocycles. The molecule has 2 aromatic rings. The minimum absolute atomic E-state index is 0.0436. The van der Waals surface area contributed by atoms with Crippen LogP contribution >= 0.6 is 11.5 Å². The van der Waals surface area contributed by atoms with Gasteiger partial charge in [0, 0.05) is 12.7 Å². The zero-order valence-electron chi connectivity index (χ0n) is 11.9. The number of aromatic carboxylic acids is 1. The number of nitrogen functional groups attached to an aromatic ring is 1. The first-order valence-corrected chi connectivity index (χ1v) is 6.94. The fraction of sp³-hybridized carbons (Fsp3) is 0.214. The summed E-state index contributed by atoms with van der Waals surface area (Å²) >= 11 is 0.979. The summed E-state index contributed by atoms with van der Waals surface area (Å²) in [7, 11) is 1.52. The number of nitrogens with two attached hydrogens (primary N) is 1. The number of carbonyl (C=O) groups excluding carboxylic acids is 1. The average Bonchev–Trinajstić information content (AvgIpc) is 2.81. The molecule has 0 unspecified atom stereocenters. The molecule has 1 aromatic heterocycles. The van der Waals surface area contributed by atoms with E-state index in [1.54, 1.807) is 19.1 Å². The van der Waals surface area contributed by atoms with Crippen molar-refractivity contribution in [1.29, 1.82) is 0 Å². The molecule has 1 aromatic carbocycles. The second-order valence-electron chi connectivity index (χ2n) is 4.71. The summed E-state index contributed by atoms with van der Waals surface area (Å²) < 4.78 is 4.01. The maximum Gasteiger partial charge on any atom is 0.340 e. The zero-order chi connectivity index (χ0) is 15.7.